The highest BCUT2D eigenvalue weighted by Gasteiger charge is 2.27. The van der Waals surface area contributed by atoms with Gasteiger partial charge >= 0.3 is 0 Å². The van der Waals surface area contributed by atoms with Crippen molar-refractivity contribution in [2.45, 2.75) is 37.6 Å². The van der Waals surface area contributed by atoms with Crippen molar-refractivity contribution >= 4 is 17.2 Å². The minimum Gasteiger partial charge on any atom is -0.379 e. The molecule has 0 unspecified atom stereocenters. The highest BCUT2D eigenvalue weighted by atomic mass is 15.4. The van der Waals surface area contributed by atoms with Crippen LogP contribution in [0, 0.1) is 0 Å². The van der Waals surface area contributed by atoms with E-state index in [0.29, 0.717) is 12.0 Å². The molecule has 1 saturated carbocycles. The lowest BCUT2D eigenvalue weighted by molar-refractivity contribution is 0.522. The molecule has 8 heteroatoms. The second-order valence-corrected chi connectivity index (χ2v) is 6.84. The van der Waals surface area contributed by atoms with Gasteiger partial charge in [-0.1, -0.05) is 0 Å². The Morgan fingerprint density at radius 2 is 1.92 bits per heavy atom. The molecule has 0 spiro atoms. The van der Waals surface area contributed by atoms with Gasteiger partial charge in [-0.05, 0) is 43.9 Å². The van der Waals surface area contributed by atoms with Gasteiger partial charge in [0.2, 0.25) is 5.65 Å². The summed E-state index contributed by atoms with van der Waals surface area (Å²) in [7, 11) is 0. The summed E-state index contributed by atoms with van der Waals surface area (Å²) in [5, 5.41) is 24.7. The molecule has 25 heavy (non-hydrogen) atoms. The Balaban J connectivity index is 1.31. The van der Waals surface area contributed by atoms with Crippen molar-refractivity contribution in [2.75, 3.05) is 23.3 Å². The first-order chi connectivity index (χ1) is 12.4. The van der Waals surface area contributed by atoms with Crippen LogP contribution in [0.5, 0.6) is 0 Å². The van der Waals surface area contributed by atoms with Crippen LogP contribution in [0.2, 0.25) is 0 Å². The van der Waals surface area contributed by atoms with E-state index in [1.165, 1.54) is 12.8 Å². The third-order valence-corrected chi connectivity index (χ3v) is 5.02. The summed E-state index contributed by atoms with van der Waals surface area (Å²) in [4.78, 5) is 2.29. The second-order valence-electron chi connectivity index (χ2n) is 6.84. The predicted octanol–water partition coefficient (Wildman–Crippen LogP) is 1.87. The zero-order valence-electron chi connectivity index (χ0n) is 13.9. The molecule has 3 aromatic rings. The maximum Gasteiger partial charge on any atom is 0.200 e. The van der Waals surface area contributed by atoms with Gasteiger partial charge in [0.05, 0.1) is 11.4 Å². The first-order valence-electron chi connectivity index (χ1n) is 8.87. The van der Waals surface area contributed by atoms with E-state index in [1.807, 2.05) is 12.1 Å². The average Bonchev–Trinajstić information content (AvgIpc) is 3.41. The summed E-state index contributed by atoms with van der Waals surface area (Å²) in [5.74, 6) is 1.56. The minimum atomic E-state index is 0.419. The summed E-state index contributed by atoms with van der Waals surface area (Å²) >= 11 is 0. The standard InChI is InChI=1S/C17H20N8/c1-2-16(21-18-7-1)24-8-5-13(6-9-24)20-15-10-14(12-3-4-12)23-25-11-19-22-17(15)25/h1-2,7,10-13,20H,3-6,8-9H2. The Morgan fingerprint density at radius 3 is 2.68 bits per heavy atom. The van der Waals surface area contributed by atoms with Crippen LogP contribution < -0.4 is 10.2 Å². The topological polar surface area (TPSA) is 84.1 Å². The van der Waals surface area contributed by atoms with Crippen molar-refractivity contribution in [1.29, 1.82) is 0 Å². The molecule has 0 atom stereocenters. The van der Waals surface area contributed by atoms with E-state index in [0.717, 1.165) is 48.8 Å². The van der Waals surface area contributed by atoms with Gasteiger partial charge in [0, 0.05) is 31.2 Å². The molecule has 1 aliphatic heterocycles. The second kappa shape index (κ2) is 5.94. The van der Waals surface area contributed by atoms with Crippen molar-refractivity contribution in [1.82, 2.24) is 30.0 Å². The van der Waals surface area contributed by atoms with E-state index in [2.05, 4.69) is 41.8 Å². The van der Waals surface area contributed by atoms with Crippen molar-refractivity contribution in [3.05, 3.63) is 36.4 Å². The van der Waals surface area contributed by atoms with Crippen LogP contribution in [0.4, 0.5) is 11.5 Å². The lowest BCUT2D eigenvalue weighted by Gasteiger charge is -2.33. The molecule has 1 aliphatic carbocycles. The van der Waals surface area contributed by atoms with E-state index in [-0.39, 0.29) is 0 Å². The molecule has 128 valence electrons. The van der Waals surface area contributed by atoms with Gasteiger partial charge in [-0.2, -0.15) is 14.7 Å². The van der Waals surface area contributed by atoms with E-state index in [1.54, 1.807) is 17.0 Å². The summed E-state index contributed by atoms with van der Waals surface area (Å²) < 4.78 is 1.80. The van der Waals surface area contributed by atoms with Gasteiger partial charge in [0.1, 0.15) is 6.33 Å². The Labute approximate surface area is 145 Å². The third kappa shape index (κ3) is 2.88. The van der Waals surface area contributed by atoms with Gasteiger partial charge in [0.15, 0.2) is 5.82 Å². The number of nitrogens with zero attached hydrogens (tertiary/aromatic N) is 7. The summed E-state index contributed by atoms with van der Waals surface area (Å²) in [5.41, 5.74) is 3.00. The predicted molar refractivity (Wildman–Crippen MR) is 93.6 cm³/mol. The normalized spacial score (nSPS) is 18.6. The smallest absolute Gasteiger partial charge is 0.200 e. The molecule has 0 radical (unpaired) electrons. The van der Waals surface area contributed by atoms with E-state index in [4.69, 9.17) is 0 Å². The maximum atomic E-state index is 4.63. The lowest BCUT2D eigenvalue weighted by atomic mass is 10.0. The zero-order chi connectivity index (χ0) is 16.6. The number of piperidine rings is 1. The van der Waals surface area contributed by atoms with E-state index in [9.17, 15) is 0 Å². The quantitative estimate of drug-likeness (QED) is 0.778. The Hall–Kier alpha value is -2.77. The van der Waals surface area contributed by atoms with Crippen LogP contribution in [0.1, 0.15) is 37.3 Å². The van der Waals surface area contributed by atoms with Crippen LogP contribution in [-0.2, 0) is 0 Å². The molecular formula is C17H20N8. The SMILES string of the molecule is c1cnnc(N2CCC(Nc3cc(C4CC4)nn4cnnc34)CC2)c1. The minimum absolute atomic E-state index is 0.419. The van der Waals surface area contributed by atoms with E-state index >= 15 is 0 Å². The molecule has 8 nitrogen and oxygen atoms in total. The summed E-state index contributed by atoms with van der Waals surface area (Å²) in [6.45, 7) is 1.94. The van der Waals surface area contributed by atoms with Crippen molar-refractivity contribution in [3.63, 3.8) is 0 Å². The number of aromatic nitrogens is 6. The van der Waals surface area contributed by atoms with Crippen LogP contribution in [0.25, 0.3) is 5.65 Å². The molecule has 2 aliphatic rings. The summed E-state index contributed by atoms with van der Waals surface area (Å²) in [6.07, 6.45) is 7.97. The van der Waals surface area contributed by atoms with Gasteiger partial charge in [0.25, 0.3) is 0 Å². The fourth-order valence-corrected chi connectivity index (χ4v) is 3.47. The average molecular weight is 336 g/mol. The number of nitrogens with one attached hydrogen (secondary N) is 1. The molecule has 2 fully saturated rings. The number of fused-ring (bicyclic) bond motifs is 1. The van der Waals surface area contributed by atoms with Crippen molar-refractivity contribution in [2.24, 2.45) is 0 Å². The third-order valence-electron chi connectivity index (χ3n) is 5.02. The van der Waals surface area contributed by atoms with Crippen LogP contribution in [-0.4, -0.2) is 49.1 Å². The molecule has 0 amide bonds. The van der Waals surface area contributed by atoms with E-state index < -0.39 is 0 Å². The fourth-order valence-electron chi connectivity index (χ4n) is 3.47. The molecule has 1 saturated heterocycles. The highest BCUT2D eigenvalue weighted by molar-refractivity contribution is 5.67. The number of hydrogen-bond acceptors (Lipinski definition) is 7. The molecule has 0 bridgehead atoms. The zero-order valence-corrected chi connectivity index (χ0v) is 13.9. The Morgan fingerprint density at radius 1 is 1.04 bits per heavy atom. The van der Waals surface area contributed by atoms with Gasteiger partial charge in [-0.25, -0.2) is 0 Å². The molecular weight excluding hydrogens is 316 g/mol. The molecule has 3 aromatic heterocycles. The Kier molecular flexibility index (Phi) is 3.46. The van der Waals surface area contributed by atoms with Gasteiger partial charge < -0.3 is 10.2 Å². The van der Waals surface area contributed by atoms with Gasteiger partial charge in [-0.3, -0.25) is 0 Å². The van der Waals surface area contributed by atoms with Crippen LogP contribution in [0.3, 0.4) is 0 Å². The van der Waals surface area contributed by atoms with Crippen molar-refractivity contribution < 1.29 is 0 Å². The molecule has 5 rings (SSSR count). The Bertz CT molecular complexity index is 865. The fraction of sp³-hybridized carbons (Fsp3) is 0.471. The summed E-state index contributed by atoms with van der Waals surface area (Å²) in [6, 6.07) is 6.54. The monoisotopic (exact) mass is 336 g/mol. The van der Waals surface area contributed by atoms with Crippen molar-refractivity contribution in [3.8, 4) is 0 Å². The number of rotatable bonds is 4. The molecule has 1 N–H and O–H groups in total. The largest absolute Gasteiger partial charge is 0.379 e. The maximum absolute atomic E-state index is 4.63. The van der Waals surface area contributed by atoms with Crippen LogP contribution in [0.15, 0.2) is 30.7 Å². The highest BCUT2D eigenvalue weighted by Crippen LogP contribution is 2.40. The lowest BCUT2D eigenvalue weighted by Crippen LogP contribution is -2.39. The molecule has 4 heterocycles. The first kappa shape index (κ1) is 14.6. The first-order valence-corrected chi connectivity index (χ1v) is 8.87. The van der Waals surface area contributed by atoms with Gasteiger partial charge in [-0.15, -0.1) is 15.3 Å². The van der Waals surface area contributed by atoms with Crippen LogP contribution >= 0.6 is 0 Å². The molecule has 0 aromatic carbocycles. The number of anilines is 2. The number of hydrogen-bond donors (Lipinski definition) is 1.